The van der Waals surface area contributed by atoms with Gasteiger partial charge >= 0.3 is 12.1 Å². The quantitative estimate of drug-likeness (QED) is 0.0442. The van der Waals surface area contributed by atoms with Crippen molar-refractivity contribution in [1.29, 1.82) is 0 Å². The number of halogens is 3. The molecule has 3 amide bonds. The summed E-state index contributed by atoms with van der Waals surface area (Å²) in [5.74, 6) is -2.92. The SMILES string of the molecule is CCNc1cc(-c2cccc(C(=O)Nc3cn(C)nc3-c3ccccn3)n2)ccn1.COC1CC(n2cc(NC(=O)c3cccc(-c4cncc(C)c4)n3)c(-c3ccccn3)n2)C1.Cn1cc(NC(=O)c2cccc(-c3ccncc3)n2)c(-c2ccccn2)n1.O=C(O)C(F)(F)F.O=CO.O=CO. The lowest BCUT2D eigenvalue weighted by atomic mass is 9.89. The van der Waals surface area contributed by atoms with Crippen LogP contribution >= 0.6 is 0 Å². The van der Waals surface area contributed by atoms with Crippen LogP contribution in [-0.2, 0) is 33.2 Å². The first-order valence-corrected chi connectivity index (χ1v) is 31.0. The number of anilines is 4. The number of aliphatic carboxylic acids is 1. The number of carbonyl (C=O) groups is 6. The van der Waals surface area contributed by atoms with Crippen LogP contribution in [-0.4, -0.2) is 152 Å². The predicted molar refractivity (Wildman–Crippen MR) is 374 cm³/mol. The molecule has 0 atom stereocenters. The minimum absolute atomic E-state index is 0.235. The first-order valence-electron chi connectivity index (χ1n) is 31.0. The highest BCUT2D eigenvalue weighted by Gasteiger charge is 2.38. The molecule has 1 aliphatic rings. The number of carboxylic acids is 1. The van der Waals surface area contributed by atoms with Gasteiger partial charge in [-0.25, -0.2) is 24.7 Å². The van der Waals surface area contributed by atoms with Crippen LogP contribution in [0.1, 0.15) is 62.8 Å². The molecule has 7 N–H and O–H groups in total. The fraction of sp³-hybridized carbons (Fsp3) is 0.155. The van der Waals surface area contributed by atoms with Crippen molar-refractivity contribution in [2.24, 2.45) is 14.1 Å². The van der Waals surface area contributed by atoms with Gasteiger partial charge < -0.3 is 41.3 Å². The predicted octanol–water partition coefficient (Wildman–Crippen LogP) is 11.2. The third-order valence-corrected chi connectivity index (χ3v) is 14.4. The van der Waals surface area contributed by atoms with E-state index in [1.54, 1.807) is 117 Å². The van der Waals surface area contributed by atoms with Gasteiger partial charge in [0.2, 0.25) is 0 Å². The number of alkyl halides is 3. The van der Waals surface area contributed by atoms with Gasteiger partial charge in [0.05, 0.1) is 63.4 Å². The highest BCUT2D eigenvalue weighted by molar-refractivity contribution is 6.06. The summed E-state index contributed by atoms with van der Waals surface area (Å²) in [6, 6.07) is 42.5. The molecule has 0 spiro atoms. The number of nitrogens with one attached hydrogen (secondary N) is 4. The van der Waals surface area contributed by atoms with Crippen molar-refractivity contribution in [2.45, 2.75) is 45.0 Å². The van der Waals surface area contributed by atoms with Crippen LogP contribution < -0.4 is 21.3 Å². The molecule has 13 rings (SSSR count). The van der Waals surface area contributed by atoms with Crippen LogP contribution in [0.4, 0.5) is 36.1 Å². The number of hydrogen-bond acceptors (Lipinski definition) is 20. The number of aromatic nitrogens is 15. The van der Waals surface area contributed by atoms with E-state index >= 15 is 0 Å². The molecular formula is C71H66F3N19O10. The number of carboxylic acid groups (broad SMARTS) is 3. The van der Waals surface area contributed by atoms with Crippen LogP contribution in [0, 0.1) is 6.92 Å². The maximum Gasteiger partial charge on any atom is 0.490 e. The number of rotatable bonds is 16. The number of carbonyl (C=O) groups excluding carboxylic acids is 3. The molecule has 12 heterocycles. The van der Waals surface area contributed by atoms with Crippen molar-refractivity contribution >= 4 is 59.5 Å². The van der Waals surface area contributed by atoms with Crippen molar-refractivity contribution in [3.05, 3.63) is 230 Å². The van der Waals surface area contributed by atoms with Gasteiger partial charge in [-0.05, 0) is 135 Å². The largest absolute Gasteiger partial charge is 0.490 e. The van der Waals surface area contributed by atoms with E-state index in [0.717, 1.165) is 47.5 Å². The van der Waals surface area contributed by atoms with Gasteiger partial charge in [-0.1, -0.05) is 36.4 Å². The molecule has 0 radical (unpaired) electrons. The highest BCUT2D eigenvalue weighted by Crippen LogP contribution is 2.37. The Morgan fingerprint density at radius 2 is 0.951 bits per heavy atom. The van der Waals surface area contributed by atoms with Crippen molar-refractivity contribution < 1.29 is 62.0 Å². The smallest absolute Gasteiger partial charge is 0.483 e. The number of pyridine rings is 9. The van der Waals surface area contributed by atoms with E-state index in [2.05, 4.69) is 76.3 Å². The molecule has 0 aliphatic heterocycles. The Bertz CT molecular complexity index is 4790. The molecule has 0 saturated heterocycles. The first kappa shape index (κ1) is 75.1. The summed E-state index contributed by atoms with van der Waals surface area (Å²) in [6.45, 7) is 4.26. The fourth-order valence-corrected chi connectivity index (χ4v) is 9.66. The molecule has 0 unspecified atom stereocenters. The maximum atomic E-state index is 13.1. The Balaban J connectivity index is 0.000000181. The molecule has 0 bridgehead atoms. The number of hydrogen-bond donors (Lipinski definition) is 7. The van der Waals surface area contributed by atoms with Gasteiger partial charge in [-0.15, -0.1) is 0 Å². The summed E-state index contributed by atoms with van der Waals surface area (Å²) in [5, 5.41) is 46.4. The third kappa shape index (κ3) is 21.4. The molecule has 12 aromatic heterocycles. The van der Waals surface area contributed by atoms with Gasteiger partial charge in [-0.3, -0.25) is 62.9 Å². The molecule has 1 aliphatic carbocycles. The monoisotopic (exact) mass is 1400 g/mol. The van der Waals surface area contributed by atoms with Crippen molar-refractivity contribution in [1.82, 2.24) is 74.2 Å². The summed E-state index contributed by atoms with van der Waals surface area (Å²) in [7, 11) is 5.32. The summed E-state index contributed by atoms with van der Waals surface area (Å²) < 4.78 is 42.3. The highest BCUT2D eigenvalue weighted by atomic mass is 19.4. The lowest BCUT2D eigenvalue weighted by Crippen LogP contribution is -2.32. The fourth-order valence-electron chi connectivity index (χ4n) is 9.66. The lowest BCUT2D eigenvalue weighted by molar-refractivity contribution is -0.192. The maximum absolute atomic E-state index is 13.1. The van der Waals surface area contributed by atoms with Crippen molar-refractivity contribution in [3.63, 3.8) is 0 Å². The van der Waals surface area contributed by atoms with Crippen LogP contribution in [0.3, 0.4) is 0 Å². The average Bonchev–Trinajstić information content (AvgIpc) is 1.68. The van der Waals surface area contributed by atoms with Crippen LogP contribution in [0.15, 0.2) is 208 Å². The second kappa shape index (κ2) is 36.8. The van der Waals surface area contributed by atoms with Gasteiger partial charge in [0, 0.05) is 113 Å². The number of methoxy groups -OCH3 is 1. The van der Waals surface area contributed by atoms with Crippen molar-refractivity contribution in [2.75, 3.05) is 34.9 Å². The van der Waals surface area contributed by atoms with Gasteiger partial charge in [0.1, 0.15) is 40.0 Å². The van der Waals surface area contributed by atoms with Crippen LogP contribution in [0.5, 0.6) is 0 Å². The lowest BCUT2D eigenvalue weighted by Gasteiger charge is -2.34. The Kier molecular flexibility index (Phi) is 26.8. The summed E-state index contributed by atoms with van der Waals surface area (Å²) in [4.78, 5) is 104. The molecule has 32 heteroatoms. The topological polar surface area (TPSA) is 390 Å². The Morgan fingerprint density at radius 3 is 1.37 bits per heavy atom. The minimum atomic E-state index is -5.08. The van der Waals surface area contributed by atoms with Crippen LogP contribution in [0.25, 0.3) is 67.9 Å². The Hall–Kier alpha value is -13.7. The molecule has 526 valence electrons. The summed E-state index contributed by atoms with van der Waals surface area (Å²) >= 11 is 0. The van der Waals surface area contributed by atoms with Gasteiger partial charge in [-0.2, -0.15) is 28.5 Å². The van der Waals surface area contributed by atoms with Gasteiger partial charge in [0.15, 0.2) is 0 Å². The van der Waals surface area contributed by atoms with E-state index in [0.29, 0.717) is 85.4 Å². The molecule has 103 heavy (non-hydrogen) atoms. The summed E-state index contributed by atoms with van der Waals surface area (Å²) in [6.07, 6.45) is 16.0. The Morgan fingerprint density at radius 1 is 0.534 bits per heavy atom. The first-order chi connectivity index (χ1) is 49.7. The number of nitrogens with zero attached hydrogens (tertiary/aromatic N) is 15. The van der Waals surface area contributed by atoms with E-state index in [4.69, 9.17) is 39.5 Å². The van der Waals surface area contributed by atoms with E-state index in [1.165, 1.54) is 0 Å². The zero-order chi connectivity index (χ0) is 73.8. The van der Waals surface area contributed by atoms with E-state index in [1.807, 2.05) is 140 Å². The summed E-state index contributed by atoms with van der Waals surface area (Å²) in [5.41, 5.74) is 12.4. The van der Waals surface area contributed by atoms with E-state index in [9.17, 15) is 27.6 Å². The zero-order valence-electron chi connectivity index (χ0n) is 55.6. The Labute approximate surface area is 585 Å². The molecule has 12 aromatic rings. The molecule has 1 fully saturated rings. The number of aryl methyl sites for hydroxylation is 3. The van der Waals surface area contributed by atoms with Crippen molar-refractivity contribution in [3.8, 4) is 67.9 Å². The molecule has 0 aromatic carbocycles. The second-order valence-electron chi connectivity index (χ2n) is 21.7. The normalized spacial score (nSPS) is 12.4. The van der Waals surface area contributed by atoms with E-state index < -0.39 is 12.1 Å². The second-order valence-corrected chi connectivity index (χ2v) is 21.7. The van der Waals surface area contributed by atoms with E-state index in [-0.39, 0.29) is 42.8 Å². The minimum Gasteiger partial charge on any atom is -0.483 e. The number of ether oxygens (including phenoxy) is 1. The standard InChI is InChI=1S/C25H24N6O2.C22H21N7O.C20H16N6O.C2HF3O2.2CH2O2/c1-16-10-17(14-26-13-16)20-7-5-8-22(28-20)25(32)29-23-15-31(18-11-19(12-18)33-2)30-24(23)21-6-3-4-9-27-21;1-3-23-20-13-15(10-12-25-20)16-8-6-9-18(26-16)22(30)27-19-14-29(2)28-21(19)17-7-4-5-11-24-17;1-26-13-18(19(25-26)16-5-2-3-10-22-16)24-20(27)17-7-4-6-15(23-17)14-8-11-21-12-9-14;3-2(4,5)1(6)7;2*2-1-3/h3-10,13-15,18-19H,11-12H2,1-2H3,(H,29,32);4-14H,3H2,1-2H3,(H,23,25)(H,27,30);2-13H,1H3,(H,24,27);(H,6,7);2*1H,(H,2,3). The zero-order valence-corrected chi connectivity index (χ0v) is 55.6. The average molecular weight is 1400 g/mol. The van der Waals surface area contributed by atoms with Gasteiger partial charge in [0.25, 0.3) is 30.7 Å². The molecular weight excluding hydrogens is 1340 g/mol. The number of amides is 3. The molecule has 29 nitrogen and oxygen atoms in total. The molecule has 1 saturated carbocycles. The third-order valence-electron chi connectivity index (χ3n) is 14.4. The van der Waals surface area contributed by atoms with Crippen LogP contribution in [0.2, 0.25) is 0 Å².